The summed E-state index contributed by atoms with van der Waals surface area (Å²) in [5.74, 6) is 0.834. The maximum atomic E-state index is 11.9. The van der Waals surface area contributed by atoms with E-state index in [1.54, 1.807) is 6.08 Å². The van der Waals surface area contributed by atoms with Gasteiger partial charge in [-0.1, -0.05) is 44.4 Å². The summed E-state index contributed by atoms with van der Waals surface area (Å²) in [7, 11) is 0. The van der Waals surface area contributed by atoms with Gasteiger partial charge in [0.05, 0.1) is 6.61 Å². The van der Waals surface area contributed by atoms with Gasteiger partial charge >= 0.3 is 0 Å². The highest BCUT2D eigenvalue weighted by Crippen LogP contribution is 2.20. The van der Waals surface area contributed by atoms with Crippen LogP contribution in [0.2, 0.25) is 0 Å². The molecule has 1 aliphatic rings. The predicted octanol–water partition coefficient (Wildman–Crippen LogP) is 3.94. The molecule has 0 saturated heterocycles. The highest BCUT2D eigenvalue weighted by atomic mass is 16.5. The number of rotatable bonds is 7. The van der Waals surface area contributed by atoms with Crippen molar-refractivity contribution in [3.05, 3.63) is 35.9 Å². The van der Waals surface area contributed by atoms with Gasteiger partial charge in [-0.05, 0) is 31.4 Å². The third-order valence-electron chi connectivity index (χ3n) is 3.79. The Kier molecular flexibility index (Phi) is 6.32. The van der Waals surface area contributed by atoms with E-state index in [9.17, 15) is 4.79 Å². The first-order valence-corrected chi connectivity index (χ1v) is 8.00. The monoisotopic (exact) mass is 287 g/mol. The first kappa shape index (κ1) is 15.6. The Labute approximate surface area is 127 Å². The van der Waals surface area contributed by atoms with Crippen LogP contribution < -0.4 is 10.1 Å². The molecule has 1 aliphatic carbocycles. The zero-order chi connectivity index (χ0) is 14.9. The lowest BCUT2D eigenvalue weighted by molar-refractivity contribution is -0.117. The fourth-order valence-corrected chi connectivity index (χ4v) is 2.56. The fraction of sp³-hybridized carbons (Fsp3) is 0.500. The summed E-state index contributed by atoms with van der Waals surface area (Å²) in [6, 6.07) is 8.20. The molecule has 3 nitrogen and oxygen atoms in total. The van der Waals surface area contributed by atoms with E-state index >= 15 is 0 Å². The van der Waals surface area contributed by atoms with E-state index in [1.165, 1.54) is 12.8 Å². The molecule has 3 heteroatoms. The van der Waals surface area contributed by atoms with Crippen LogP contribution in [0.5, 0.6) is 5.75 Å². The molecule has 0 radical (unpaired) electrons. The molecule has 1 N–H and O–H groups in total. The van der Waals surface area contributed by atoms with Crippen molar-refractivity contribution < 1.29 is 9.53 Å². The third kappa shape index (κ3) is 5.25. The number of para-hydroxylation sites is 1. The Hall–Kier alpha value is -1.77. The number of carbonyl (C=O) groups is 1. The first-order chi connectivity index (χ1) is 10.3. The van der Waals surface area contributed by atoms with Crippen molar-refractivity contribution in [2.45, 2.75) is 51.5 Å². The van der Waals surface area contributed by atoms with Crippen molar-refractivity contribution in [1.82, 2.24) is 5.32 Å². The number of benzene rings is 1. The molecule has 1 aromatic rings. The zero-order valence-electron chi connectivity index (χ0n) is 12.8. The minimum Gasteiger partial charge on any atom is -0.493 e. The molecule has 1 aromatic carbocycles. The molecular weight excluding hydrogens is 262 g/mol. The Morgan fingerprint density at radius 2 is 2.10 bits per heavy atom. The highest BCUT2D eigenvalue weighted by molar-refractivity contribution is 5.92. The average molecular weight is 287 g/mol. The quantitative estimate of drug-likeness (QED) is 0.609. The van der Waals surface area contributed by atoms with Crippen molar-refractivity contribution in [2.24, 2.45) is 0 Å². The van der Waals surface area contributed by atoms with Crippen LogP contribution in [0.1, 0.15) is 51.0 Å². The van der Waals surface area contributed by atoms with Gasteiger partial charge in [0, 0.05) is 17.7 Å². The van der Waals surface area contributed by atoms with Crippen LogP contribution in [0.3, 0.4) is 0 Å². The molecule has 114 valence electrons. The lowest BCUT2D eigenvalue weighted by Gasteiger charge is -2.10. The van der Waals surface area contributed by atoms with Crippen molar-refractivity contribution in [3.63, 3.8) is 0 Å². The van der Waals surface area contributed by atoms with E-state index in [-0.39, 0.29) is 5.91 Å². The van der Waals surface area contributed by atoms with Crippen LogP contribution in [0.15, 0.2) is 30.3 Å². The van der Waals surface area contributed by atoms with Gasteiger partial charge in [-0.25, -0.2) is 0 Å². The van der Waals surface area contributed by atoms with Crippen molar-refractivity contribution in [2.75, 3.05) is 6.61 Å². The molecule has 1 amide bonds. The Morgan fingerprint density at radius 3 is 2.86 bits per heavy atom. The summed E-state index contributed by atoms with van der Waals surface area (Å²) in [6.07, 6.45) is 10.3. The van der Waals surface area contributed by atoms with Gasteiger partial charge in [0.15, 0.2) is 0 Å². The molecule has 0 atom stereocenters. The van der Waals surface area contributed by atoms with E-state index in [0.29, 0.717) is 6.04 Å². The third-order valence-corrected chi connectivity index (χ3v) is 3.79. The standard InChI is InChI=1S/C18H25NO2/c1-2-3-14-21-17-11-7-4-8-15(17)12-13-18(20)19-16-9-5-6-10-16/h4,7-8,11-13,16H,2-3,5-6,9-10,14H2,1H3,(H,19,20)/b13-12+. The van der Waals surface area contributed by atoms with Gasteiger partial charge in [-0.15, -0.1) is 0 Å². The highest BCUT2D eigenvalue weighted by Gasteiger charge is 2.15. The molecule has 1 saturated carbocycles. The number of hydrogen-bond donors (Lipinski definition) is 1. The smallest absolute Gasteiger partial charge is 0.244 e. The maximum absolute atomic E-state index is 11.9. The Bertz CT molecular complexity index is 476. The normalized spacial score (nSPS) is 15.5. The molecule has 0 bridgehead atoms. The molecule has 0 spiro atoms. The van der Waals surface area contributed by atoms with Crippen molar-refractivity contribution in [1.29, 1.82) is 0 Å². The second kappa shape index (κ2) is 8.50. The summed E-state index contributed by atoms with van der Waals surface area (Å²) < 4.78 is 5.76. The van der Waals surface area contributed by atoms with Gasteiger partial charge in [0.1, 0.15) is 5.75 Å². The largest absolute Gasteiger partial charge is 0.493 e. The van der Waals surface area contributed by atoms with Crippen LogP contribution >= 0.6 is 0 Å². The molecule has 2 rings (SSSR count). The molecule has 1 fully saturated rings. The number of nitrogens with one attached hydrogen (secondary N) is 1. The van der Waals surface area contributed by atoms with Crippen molar-refractivity contribution >= 4 is 12.0 Å². The van der Waals surface area contributed by atoms with E-state index in [1.807, 2.05) is 30.3 Å². The SMILES string of the molecule is CCCCOc1ccccc1/C=C/C(=O)NC1CCCC1. The van der Waals surface area contributed by atoms with Crippen LogP contribution in [0.4, 0.5) is 0 Å². The van der Waals surface area contributed by atoms with Gasteiger partial charge in [-0.3, -0.25) is 4.79 Å². The van der Waals surface area contributed by atoms with E-state index in [0.717, 1.165) is 43.6 Å². The van der Waals surface area contributed by atoms with Gasteiger partial charge < -0.3 is 10.1 Å². The molecule has 0 unspecified atom stereocenters. The van der Waals surface area contributed by atoms with Gasteiger partial charge in [0.25, 0.3) is 0 Å². The number of hydrogen-bond acceptors (Lipinski definition) is 2. The number of amides is 1. The van der Waals surface area contributed by atoms with Crippen LogP contribution in [-0.2, 0) is 4.79 Å². The first-order valence-electron chi connectivity index (χ1n) is 8.00. The molecular formula is C18H25NO2. The second-order valence-electron chi connectivity index (χ2n) is 5.56. The molecule has 0 aliphatic heterocycles. The predicted molar refractivity (Wildman–Crippen MR) is 86.3 cm³/mol. The van der Waals surface area contributed by atoms with E-state index in [4.69, 9.17) is 4.74 Å². The molecule has 21 heavy (non-hydrogen) atoms. The number of carbonyl (C=O) groups excluding carboxylic acids is 1. The molecule has 0 aromatic heterocycles. The van der Waals surface area contributed by atoms with Crippen LogP contribution in [0, 0.1) is 0 Å². The maximum Gasteiger partial charge on any atom is 0.244 e. The average Bonchev–Trinajstić information content (AvgIpc) is 2.99. The Balaban J connectivity index is 1.91. The van der Waals surface area contributed by atoms with Gasteiger partial charge in [0.2, 0.25) is 5.91 Å². The molecule has 0 heterocycles. The summed E-state index contributed by atoms with van der Waals surface area (Å²) in [4.78, 5) is 11.9. The fourth-order valence-electron chi connectivity index (χ4n) is 2.56. The van der Waals surface area contributed by atoms with Crippen LogP contribution in [0.25, 0.3) is 6.08 Å². The minimum atomic E-state index is -0.00902. The van der Waals surface area contributed by atoms with Crippen LogP contribution in [-0.4, -0.2) is 18.6 Å². The minimum absolute atomic E-state index is 0.00902. The summed E-state index contributed by atoms with van der Waals surface area (Å²) in [5, 5.41) is 3.05. The zero-order valence-corrected chi connectivity index (χ0v) is 12.8. The lowest BCUT2D eigenvalue weighted by atomic mass is 10.2. The topological polar surface area (TPSA) is 38.3 Å². The summed E-state index contributed by atoms with van der Waals surface area (Å²) >= 11 is 0. The summed E-state index contributed by atoms with van der Waals surface area (Å²) in [5.41, 5.74) is 0.954. The summed E-state index contributed by atoms with van der Waals surface area (Å²) in [6.45, 7) is 2.86. The number of unbranched alkanes of at least 4 members (excludes halogenated alkanes) is 1. The van der Waals surface area contributed by atoms with E-state index in [2.05, 4.69) is 12.2 Å². The van der Waals surface area contributed by atoms with E-state index < -0.39 is 0 Å². The van der Waals surface area contributed by atoms with Crippen molar-refractivity contribution in [3.8, 4) is 5.75 Å². The number of ether oxygens (including phenoxy) is 1. The van der Waals surface area contributed by atoms with Gasteiger partial charge in [-0.2, -0.15) is 0 Å². The second-order valence-corrected chi connectivity index (χ2v) is 5.56. The lowest BCUT2D eigenvalue weighted by Crippen LogP contribution is -2.30. The Morgan fingerprint density at radius 1 is 1.33 bits per heavy atom.